The minimum absolute atomic E-state index is 0.0991. The van der Waals surface area contributed by atoms with E-state index in [-0.39, 0.29) is 11.8 Å². The fraction of sp³-hybridized carbons (Fsp3) is 0.533. The predicted molar refractivity (Wildman–Crippen MR) is 83.8 cm³/mol. The highest BCUT2D eigenvalue weighted by Gasteiger charge is 2.53. The van der Waals surface area contributed by atoms with Crippen molar-refractivity contribution in [2.45, 2.75) is 51.8 Å². The third-order valence-corrected chi connectivity index (χ3v) is 4.18. The lowest BCUT2D eigenvalue weighted by Gasteiger charge is -2.32. The number of hydrogen-bond acceptors (Lipinski definition) is 4. The van der Waals surface area contributed by atoms with E-state index in [2.05, 4.69) is 5.32 Å². The summed E-state index contributed by atoms with van der Waals surface area (Å²) in [4.78, 5) is 11.0. The van der Waals surface area contributed by atoms with Crippen molar-refractivity contribution in [3.8, 4) is 0 Å². The van der Waals surface area contributed by atoms with Crippen molar-refractivity contribution in [3.63, 3.8) is 0 Å². The van der Waals surface area contributed by atoms with Crippen LogP contribution in [0.1, 0.15) is 46.1 Å². The number of amides is 1. The van der Waals surface area contributed by atoms with Crippen molar-refractivity contribution < 1.29 is 14.1 Å². The number of nitrogens with one attached hydrogen (secondary N) is 1. The van der Waals surface area contributed by atoms with Gasteiger partial charge in [-0.1, -0.05) is 12.1 Å². The Kier molecular flexibility index (Phi) is 4.15. The van der Waals surface area contributed by atoms with Crippen molar-refractivity contribution in [1.29, 1.82) is 0 Å². The largest absolute Gasteiger partial charge is 0.480 e. The summed E-state index contributed by atoms with van der Waals surface area (Å²) in [6.45, 7) is 9.47. The highest BCUT2D eigenvalue weighted by Crippen LogP contribution is 2.39. The maximum absolute atomic E-state index is 11.0. The van der Waals surface area contributed by atoms with Gasteiger partial charge in [-0.3, -0.25) is 4.79 Å². The molecule has 0 unspecified atom stereocenters. The van der Waals surface area contributed by atoms with Gasteiger partial charge in [-0.15, -0.1) is 0 Å². The molecule has 1 heterocycles. The molecule has 1 aliphatic heterocycles. The highest BCUT2D eigenvalue weighted by molar-refractivity contribution is 6.47. The van der Waals surface area contributed by atoms with Gasteiger partial charge in [-0.05, 0) is 45.4 Å². The van der Waals surface area contributed by atoms with E-state index in [1.54, 1.807) is 0 Å². The third kappa shape index (κ3) is 3.28. The molecule has 1 fully saturated rings. The molecule has 2 rings (SSSR count). The SMILES string of the molecule is CC(=O)Nc1ccc([C@@H](N)B2OC(C)(C)C(C)(C)O2)cc1. The van der Waals surface area contributed by atoms with Gasteiger partial charge in [-0.2, -0.15) is 0 Å². The molecular weight excluding hydrogens is 267 g/mol. The molecule has 1 aromatic carbocycles. The van der Waals surface area contributed by atoms with Gasteiger partial charge in [0.2, 0.25) is 5.91 Å². The van der Waals surface area contributed by atoms with Gasteiger partial charge in [0, 0.05) is 12.6 Å². The second-order valence-corrected chi connectivity index (χ2v) is 6.45. The lowest BCUT2D eigenvalue weighted by Crippen LogP contribution is -2.41. The Balaban J connectivity index is 2.11. The van der Waals surface area contributed by atoms with E-state index >= 15 is 0 Å². The lowest BCUT2D eigenvalue weighted by molar-refractivity contribution is -0.114. The predicted octanol–water partition coefficient (Wildman–Crippen LogP) is 2.28. The van der Waals surface area contributed by atoms with E-state index in [4.69, 9.17) is 15.0 Å². The molecule has 5 nitrogen and oxygen atoms in total. The first-order chi connectivity index (χ1) is 9.62. The molecule has 114 valence electrons. The molecule has 0 aromatic heterocycles. The first kappa shape index (κ1) is 16.0. The molecular formula is C15H23BN2O3. The van der Waals surface area contributed by atoms with E-state index in [1.165, 1.54) is 6.92 Å². The van der Waals surface area contributed by atoms with Crippen molar-refractivity contribution >= 4 is 18.7 Å². The van der Waals surface area contributed by atoms with Crippen LogP contribution in [0.5, 0.6) is 0 Å². The van der Waals surface area contributed by atoms with Crippen LogP contribution in [0.4, 0.5) is 5.69 Å². The van der Waals surface area contributed by atoms with Crippen LogP contribution in [-0.2, 0) is 14.1 Å². The molecule has 0 radical (unpaired) electrons. The number of anilines is 1. The maximum atomic E-state index is 11.0. The highest BCUT2D eigenvalue weighted by atomic mass is 16.7. The lowest BCUT2D eigenvalue weighted by atomic mass is 9.75. The van der Waals surface area contributed by atoms with Crippen LogP contribution in [-0.4, -0.2) is 24.2 Å². The summed E-state index contributed by atoms with van der Waals surface area (Å²) in [6.07, 6.45) is 0. The van der Waals surface area contributed by atoms with E-state index in [0.717, 1.165) is 11.3 Å². The zero-order valence-corrected chi connectivity index (χ0v) is 13.3. The molecule has 1 aromatic rings. The Morgan fingerprint density at radius 1 is 1.14 bits per heavy atom. The molecule has 1 amide bonds. The summed E-state index contributed by atoms with van der Waals surface area (Å²) in [5.74, 6) is -0.476. The average Bonchev–Trinajstić information content (AvgIpc) is 2.58. The van der Waals surface area contributed by atoms with Crippen molar-refractivity contribution in [3.05, 3.63) is 29.8 Å². The van der Waals surface area contributed by atoms with Crippen molar-refractivity contribution in [2.75, 3.05) is 5.32 Å². The van der Waals surface area contributed by atoms with Crippen LogP contribution >= 0.6 is 0 Å². The van der Waals surface area contributed by atoms with Crippen molar-refractivity contribution in [1.82, 2.24) is 0 Å². The van der Waals surface area contributed by atoms with Gasteiger partial charge in [0.25, 0.3) is 0 Å². The molecule has 0 bridgehead atoms. The number of carbonyl (C=O) groups excluding carboxylic acids is 1. The van der Waals surface area contributed by atoms with Crippen LogP contribution < -0.4 is 11.1 Å². The Labute approximate surface area is 126 Å². The second kappa shape index (κ2) is 5.44. The Hall–Kier alpha value is -1.37. The summed E-state index contributed by atoms with van der Waals surface area (Å²) >= 11 is 0. The molecule has 0 saturated carbocycles. The maximum Gasteiger partial charge on any atom is 0.480 e. The normalized spacial score (nSPS) is 21.1. The fourth-order valence-electron chi connectivity index (χ4n) is 2.18. The van der Waals surface area contributed by atoms with E-state index in [1.807, 2.05) is 52.0 Å². The standard InChI is InChI=1S/C15H23BN2O3/c1-10(19)18-12-8-6-11(7-9-12)13(17)16-20-14(2,3)15(4,5)21-16/h6-9,13H,17H2,1-5H3,(H,18,19)/t13-/m1/s1. The van der Waals surface area contributed by atoms with Gasteiger partial charge in [-0.25, -0.2) is 0 Å². The molecule has 21 heavy (non-hydrogen) atoms. The first-order valence-corrected chi connectivity index (χ1v) is 7.11. The van der Waals surface area contributed by atoms with Gasteiger partial charge >= 0.3 is 7.12 Å². The average molecular weight is 290 g/mol. The summed E-state index contributed by atoms with van der Waals surface area (Å²) in [5.41, 5.74) is 7.11. The Morgan fingerprint density at radius 2 is 1.62 bits per heavy atom. The van der Waals surface area contributed by atoms with Crippen LogP contribution in [0.3, 0.4) is 0 Å². The molecule has 1 atom stereocenters. The van der Waals surface area contributed by atoms with Gasteiger partial charge in [0.15, 0.2) is 0 Å². The fourth-order valence-corrected chi connectivity index (χ4v) is 2.18. The minimum atomic E-state index is -0.485. The van der Waals surface area contributed by atoms with E-state index in [0.29, 0.717) is 0 Å². The summed E-state index contributed by atoms with van der Waals surface area (Å²) in [6, 6.07) is 7.39. The van der Waals surface area contributed by atoms with Gasteiger partial charge < -0.3 is 20.4 Å². The number of rotatable bonds is 3. The molecule has 6 heteroatoms. The molecule has 1 saturated heterocycles. The second-order valence-electron chi connectivity index (χ2n) is 6.45. The molecule has 0 spiro atoms. The summed E-state index contributed by atoms with van der Waals surface area (Å²) < 4.78 is 11.9. The van der Waals surface area contributed by atoms with Gasteiger partial charge in [0.05, 0.1) is 17.1 Å². The summed E-state index contributed by atoms with van der Waals surface area (Å²) in [7, 11) is -0.485. The van der Waals surface area contributed by atoms with Gasteiger partial charge in [0.1, 0.15) is 0 Å². The molecule has 1 aliphatic rings. The van der Waals surface area contributed by atoms with E-state index in [9.17, 15) is 4.79 Å². The van der Waals surface area contributed by atoms with E-state index < -0.39 is 18.3 Å². The molecule has 3 N–H and O–H groups in total. The Morgan fingerprint density at radius 3 is 2.05 bits per heavy atom. The number of carbonyl (C=O) groups is 1. The number of benzene rings is 1. The molecule has 0 aliphatic carbocycles. The number of nitrogens with two attached hydrogens (primary N) is 1. The number of hydrogen-bond donors (Lipinski definition) is 2. The van der Waals surface area contributed by atoms with Crippen LogP contribution in [0.2, 0.25) is 0 Å². The van der Waals surface area contributed by atoms with Crippen LogP contribution in [0, 0.1) is 0 Å². The monoisotopic (exact) mass is 290 g/mol. The summed E-state index contributed by atoms with van der Waals surface area (Å²) in [5, 5.41) is 2.72. The topological polar surface area (TPSA) is 73.6 Å². The first-order valence-electron chi connectivity index (χ1n) is 7.11. The van der Waals surface area contributed by atoms with Crippen molar-refractivity contribution in [2.24, 2.45) is 5.73 Å². The zero-order chi connectivity index (χ0) is 15.8. The third-order valence-electron chi connectivity index (χ3n) is 4.18. The Bertz CT molecular complexity index is 512. The zero-order valence-electron chi connectivity index (χ0n) is 13.3. The quantitative estimate of drug-likeness (QED) is 0.838. The minimum Gasteiger partial charge on any atom is -0.402 e. The van der Waals surface area contributed by atoms with Crippen LogP contribution in [0.25, 0.3) is 0 Å². The smallest absolute Gasteiger partial charge is 0.402 e. The van der Waals surface area contributed by atoms with Crippen LogP contribution in [0.15, 0.2) is 24.3 Å².